The van der Waals surface area contributed by atoms with Crippen molar-refractivity contribution in [3.05, 3.63) is 22.2 Å². The Kier molecular flexibility index (Phi) is 3.64. The molecule has 1 amide bonds. The zero-order valence-electron chi connectivity index (χ0n) is 12.8. The Hall–Kier alpha value is -1.97. The number of carbonyl (C=O) groups is 1. The molecule has 10 heteroatoms. The van der Waals surface area contributed by atoms with Gasteiger partial charge in [-0.05, 0) is 40.9 Å². The number of carboxylic acid groups (broad SMARTS) is 1. The molecule has 2 aliphatic heterocycles. The minimum absolute atomic E-state index is 0.115. The lowest BCUT2D eigenvalue weighted by Gasteiger charge is -2.38. The Morgan fingerprint density at radius 3 is 2.48 bits per heavy atom. The molecule has 1 aromatic heterocycles. The number of hydrogen-bond donors (Lipinski definition) is 1. The Morgan fingerprint density at radius 1 is 1.28 bits per heavy atom. The first kappa shape index (κ1) is 16.5. The molecule has 25 heavy (non-hydrogen) atoms. The van der Waals surface area contributed by atoms with Crippen LogP contribution in [0.3, 0.4) is 0 Å². The predicted octanol–water partition coefficient (Wildman–Crippen LogP) is 3.94. The van der Waals surface area contributed by atoms with E-state index in [0.29, 0.717) is 13.1 Å². The molecule has 2 saturated heterocycles. The molecule has 1 aromatic carbocycles. The Balaban J connectivity index is 1.67. The van der Waals surface area contributed by atoms with Gasteiger partial charge in [0.1, 0.15) is 5.52 Å². The molecule has 2 bridgehead atoms. The number of oxazole rings is 1. The van der Waals surface area contributed by atoms with Gasteiger partial charge in [0.25, 0.3) is 6.01 Å². The van der Waals surface area contributed by atoms with E-state index in [9.17, 15) is 23.1 Å². The van der Waals surface area contributed by atoms with E-state index >= 15 is 0 Å². The lowest BCUT2D eigenvalue weighted by Crippen LogP contribution is -2.55. The van der Waals surface area contributed by atoms with Crippen LogP contribution >= 0.6 is 15.9 Å². The highest BCUT2D eigenvalue weighted by atomic mass is 79.9. The lowest BCUT2D eigenvalue weighted by molar-refractivity contribution is -0.137. The van der Waals surface area contributed by atoms with Crippen molar-refractivity contribution < 1.29 is 27.5 Å². The first-order valence-electron chi connectivity index (χ1n) is 7.67. The highest BCUT2D eigenvalue weighted by molar-refractivity contribution is 9.10. The zero-order chi connectivity index (χ0) is 17.9. The number of halogens is 4. The van der Waals surface area contributed by atoms with Crippen LogP contribution in [0.2, 0.25) is 0 Å². The summed E-state index contributed by atoms with van der Waals surface area (Å²) in [5.74, 6) is 0. The standard InChI is InChI=1S/C15H13BrF3N3O3/c16-10-3-7(15(17,18)19)4-11-12(10)25-13(20-11)21-5-8-1-2-9(6-21)22(8)14(23)24/h3-4,8-9H,1-2,5-6H2,(H,23,24). The average Bonchev–Trinajstić information content (AvgIpc) is 3.06. The quantitative estimate of drug-likeness (QED) is 0.757. The Morgan fingerprint density at radius 2 is 1.92 bits per heavy atom. The number of aromatic nitrogens is 1. The molecule has 6 nitrogen and oxygen atoms in total. The van der Waals surface area contributed by atoms with Gasteiger partial charge in [-0.3, -0.25) is 4.90 Å². The summed E-state index contributed by atoms with van der Waals surface area (Å²) in [6, 6.07) is 1.83. The summed E-state index contributed by atoms with van der Waals surface area (Å²) in [6.07, 6.45) is -3.89. The number of hydrogen-bond acceptors (Lipinski definition) is 4. The first-order chi connectivity index (χ1) is 11.7. The Labute approximate surface area is 148 Å². The molecular weight excluding hydrogens is 407 g/mol. The fourth-order valence-corrected chi connectivity index (χ4v) is 4.18. The van der Waals surface area contributed by atoms with Crippen molar-refractivity contribution in [1.82, 2.24) is 9.88 Å². The number of fused-ring (bicyclic) bond motifs is 3. The molecule has 0 aliphatic carbocycles. The molecule has 2 unspecified atom stereocenters. The van der Waals surface area contributed by atoms with Gasteiger partial charge < -0.3 is 14.4 Å². The van der Waals surface area contributed by atoms with E-state index < -0.39 is 17.8 Å². The van der Waals surface area contributed by atoms with Crippen LogP contribution in [0.4, 0.5) is 24.0 Å². The van der Waals surface area contributed by atoms with Gasteiger partial charge in [0, 0.05) is 13.1 Å². The van der Waals surface area contributed by atoms with Crippen molar-refractivity contribution in [1.29, 1.82) is 0 Å². The fraction of sp³-hybridized carbons (Fsp3) is 0.467. The van der Waals surface area contributed by atoms with Gasteiger partial charge in [0.15, 0.2) is 5.58 Å². The van der Waals surface area contributed by atoms with E-state index in [1.807, 2.05) is 4.90 Å². The molecule has 0 radical (unpaired) electrons. The summed E-state index contributed by atoms with van der Waals surface area (Å²) < 4.78 is 44.7. The molecule has 0 saturated carbocycles. The number of piperazine rings is 1. The maximum atomic E-state index is 12.9. The third kappa shape index (κ3) is 2.72. The summed E-state index contributed by atoms with van der Waals surface area (Å²) in [5, 5.41) is 9.29. The summed E-state index contributed by atoms with van der Waals surface area (Å²) in [5.41, 5.74) is -0.441. The summed E-state index contributed by atoms with van der Waals surface area (Å²) in [7, 11) is 0. The largest absolute Gasteiger partial charge is 0.465 e. The number of amides is 1. The normalized spacial score (nSPS) is 23.5. The zero-order valence-corrected chi connectivity index (χ0v) is 14.3. The molecule has 2 atom stereocenters. The van der Waals surface area contributed by atoms with E-state index in [-0.39, 0.29) is 33.7 Å². The van der Waals surface area contributed by atoms with Gasteiger partial charge in [-0.2, -0.15) is 18.2 Å². The van der Waals surface area contributed by atoms with E-state index in [4.69, 9.17) is 4.42 Å². The van der Waals surface area contributed by atoms with Crippen LogP contribution in [0.1, 0.15) is 18.4 Å². The van der Waals surface area contributed by atoms with Crippen molar-refractivity contribution in [2.45, 2.75) is 31.1 Å². The van der Waals surface area contributed by atoms with E-state index in [0.717, 1.165) is 25.0 Å². The Bertz CT molecular complexity index is 840. The predicted molar refractivity (Wildman–Crippen MR) is 85.6 cm³/mol. The topological polar surface area (TPSA) is 69.8 Å². The lowest BCUT2D eigenvalue weighted by atomic mass is 10.2. The van der Waals surface area contributed by atoms with Gasteiger partial charge in [-0.25, -0.2) is 4.79 Å². The third-order valence-corrected chi connectivity index (χ3v) is 5.32. The van der Waals surface area contributed by atoms with Gasteiger partial charge in [-0.15, -0.1) is 0 Å². The van der Waals surface area contributed by atoms with Crippen molar-refractivity contribution in [3.8, 4) is 0 Å². The van der Waals surface area contributed by atoms with E-state index in [1.165, 1.54) is 4.90 Å². The fourth-order valence-electron chi connectivity index (χ4n) is 3.65. The molecule has 1 N–H and O–H groups in total. The monoisotopic (exact) mass is 419 g/mol. The maximum Gasteiger partial charge on any atom is 0.416 e. The number of nitrogens with zero attached hydrogens (tertiary/aromatic N) is 3. The molecular formula is C15H13BrF3N3O3. The van der Waals surface area contributed by atoms with Crippen molar-refractivity contribution in [3.63, 3.8) is 0 Å². The maximum absolute atomic E-state index is 12.9. The van der Waals surface area contributed by atoms with Crippen molar-refractivity contribution in [2.75, 3.05) is 18.0 Å². The smallest absolute Gasteiger partial charge is 0.416 e. The molecule has 2 fully saturated rings. The van der Waals surface area contributed by atoms with Crippen molar-refractivity contribution >= 4 is 39.1 Å². The van der Waals surface area contributed by atoms with Crippen LogP contribution in [0.25, 0.3) is 11.1 Å². The van der Waals surface area contributed by atoms with Crippen LogP contribution in [0.15, 0.2) is 21.0 Å². The summed E-state index contributed by atoms with van der Waals surface area (Å²) >= 11 is 3.10. The SMILES string of the molecule is O=C(O)N1C2CCC1CN(c1nc3cc(C(F)(F)F)cc(Br)c3o1)C2. The molecule has 2 aromatic rings. The van der Waals surface area contributed by atoms with Crippen LogP contribution in [-0.4, -0.2) is 46.3 Å². The van der Waals surface area contributed by atoms with Crippen LogP contribution in [0.5, 0.6) is 0 Å². The van der Waals surface area contributed by atoms with Crippen LogP contribution in [-0.2, 0) is 6.18 Å². The molecule has 0 spiro atoms. The summed E-state index contributed by atoms with van der Waals surface area (Å²) in [4.78, 5) is 18.8. The summed E-state index contributed by atoms with van der Waals surface area (Å²) in [6.45, 7) is 0.832. The third-order valence-electron chi connectivity index (χ3n) is 4.73. The highest BCUT2D eigenvalue weighted by Gasteiger charge is 2.44. The minimum Gasteiger partial charge on any atom is -0.465 e. The van der Waals surface area contributed by atoms with Crippen LogP contribution < -0.4 is 4.90 Å². The van der Waals surface area contributed by atoms with Crippen LogP contribution in [0, 0.1) is 0 Å². The van der Waals surface area contributed by atoms with E-state index in [2.05, 4.69) is 20.9 Å². The minimum atomic E-state index is -4.47. The molecule has 134 valence electrons. The molecule has 4 rings (SSSR count). The van der Waals surface area contributed by atoms with Gasteiger partial charge in [-0.1, -0.05) is 0 Å². The number of benzene rings is 1. The van der Waals surface area contributed by atoms with Gasteiger partial charge >= 0.3 is 12.3 Å². The van der Waals surface area contributed by atoms with Crippen molar-refractivity contribution in [2.24, 2.45) is 0 Å². The van der Waals surface area contributed by atoms with Gasteiger partial charge in [0.05, 0.1) is 22.1 Å². The highest BCUT2D eigenvalue weighted by Crippen LogP contribution is 2.38. The number of alkyl halides is 3. The second-order valence-corrected chi connectivity index (χ2v) is 7.13. The number of anilines is 1. The number of rotatable bonds is 1. The average molecular weight is 420 g/mol. The second kappa shape index (κ2) is 5.52. The van der Waals surface area contributed by atoms with Gasteiger partial charge in [0.2, 0.25) is 0 Å². The second-order valence-electron chi connectivity index (χ2n) is 6.28. The molecule has 2 aliphatic rings. The molecule has 3 heterocycles. The first-order valence-corrected chi connectivity index (χ1v) is 8.47. The van der Waals surface area contributed by atoms with E-state index in [1.54, 1.807) is 0 Å².